The van der Waals surface area contributed by atoms with Gasteiger partial charge in [-0.1, -0.05) is 108 Å². The number of hydrogen-bond donors (Lipinski definition) is 0. The molecule has 0 fully saturated rings. The van der Waals surface area contributed by atoms with Crippen molar-refractivity contribution < 1.29 is 54.3 Å². The van der Waals surface area contributed by atoms with E-state index in [9.17, 15) is 0 Å². The average molecular weight is 698 g/mol. The van der Waals surface area contributed by atoms with Gasteiger partial charge in [0.15, 0.2) is 11.6 Å². The van der Waals surface area contributed by atoms with Crippen LogP contribution in [0.2, 0.25) is 0 Å². The number of fused-ring (bicyclic) bond motifs is 2. The van der Waals surface area contributed by atoms with Gasteiger partial charge in [0, 0.05) is 13.1 Å². The van der Waals surface area contributed by atoms with Crippen LogP contribution in [0.5, 0.6) is 0 Å². The minimum atomic E-state index is 0. The predicted molar refractivity (Wildman–Crippen MR) is 168 cm³/mol. The number of nitrogens with zero attached hydrogens (tertiary/aromatic N) is 5. The fourth-order valence-corrected chi connectivity index (χ4v) is 5.78. The largest absolute Gasteiger partial charge is 3.00 e. The van der Waals surface area contributed by atoms with Crippen molar-refractivity contribution in [1.82, 2.24) is 24.1 Å². The van der Waals surface area contributed by atoms with Crippen LogP contribution < -0.4 is 37.2 Å². The van der Waals surface area contributed by atoms with Crippen molar-refractivity contribution in [3.8, 4) is 23.0 Å². The Morgan fingerprint density at radius 2 is 0.841 bits per heavy atom. The number of para-hydroxylation sites is 4. The zero-order valence-corrected chi connectivity index (χ0v) is 29.3. The molecule has 44 heavy (non-hydrogen) atoms. The molecule has 0 aliphatic carbocycles. The average Bonchev–Trinajstić information content (AvgIpc) is 3.55. The number of rotatable bonds is 16. The molecule has 0 unspecified atom stereocenters. The minimum absolute atomic E-state index is 0. The maximum atomic E-state index is 5.20. The van der Waals surface area contributed by atoms with Crippen molar-refractivity contribution >= 4 is 22.1 Å². The summed E-state index contributed by atoms with van der Waals surface area (Å²) in [6, 6.07) is 23.3. The number of aryl methyl sites for hydroxylation is 2. The minimum Gasteiger partial charge on any atom is -1.00 e. The number of imidazole rings is 2. The van der Waals surface area contributed by atoms with E-state index in [1.807, 2.05) is 0 Å². The number of aromatic nitrogens is 5. The van der Waals surface area contributed by atoms with Gasteiger partial charge in [0.2, 0.25) is 0 Å². The number of unbranched alkanes of at least 4 members (excludes halogenated alkanes) is 10. The third-order valence-corrected chi connectivity index (χ3v) is 7.99. The van der Waals surface area contributed by atoms with Crippen molar-refractivity contribution in [2.45, 2.75) is 104 Å². The number of pyridine rings is 1. The zero-order chi connectivity index (χ0) is 27.6. The van der Waals surface area contributed by atoms with Crippen LogP contribution in [0.25, 0.3) is 45.1 Å². The van der Waals surface area contributed by atoms with Gasteiger partial charge in [-0.2, -0.15) is 0 Å². The third kappa shape index (κ3) is 9.96. The fourth-order valence-electron chi connectivity index (χ4n) is 5.78. The maximum Gasteiger partial charge on any atom is 3.00 e. The molecule has 0 N–H and O–H groups in total. The van der Waals surface area contributed by atoms with Crippen molar-refractivity contribution in [2.75, 3.05) is 0 Å². The van der Waals surface area contributed by atoms with E-state index in [2.05, 4.69) is 89.7 Å². The van der Waals surface area contributed by atoms with E-state index in [0.29, 0.717) is 0 Å². The number of hydrogen-bond acceptors (Lipinski definition) is 3. The van der Waals surface area contributed by atoms with Crippen LogP contribution in [0.15, 0.2) is 66.7 Å². The van der Waals surface area contributed by atoms with Gasteiger partial charge < -0.3 is 46.4 Å². The van der Waals surface area contributed by atoms with Gasteiger partial charge in [-0.05, 0) is 49.2 Å². The molecule has 9 heteroatoms. The van der Waals surface area contributed by atoms with E-state index in [1.165, 1.54) is 75.2 Å². The fraction of sp³-hybridized carbons (Fsp3) is 0.457. The zero-order valence-electron chi connectivity index (χ0n) is 26.0. The number of halogens is 3. The smallest absolute Gasteiger partial charge is 1.00 e. The van der Waals surface area contributed by atoms with Gasteiger partial charge in [-0.15, -0.1) is 0 Å². The molecule has 5 aromatic rings. The van der Waals surface area contributed by atoms with E-state index in [1.54, 1.807) is 0 Å². The van der Waals surface area contributed by atoms with Crippen molar-refractivity contribution in [2.24, 2.45) is 0 Å². The molecule has 0 spiro atoms. The molecular weight excluding hydrogens is 653 g/mol. The van der Waals surface area contributed by atoms with E-state index >= 15 is 0 Å². The maximum absolute atomic E-state index is 5.20. The van der Waals surface area contributed by atoms with Gasteiger partial charge in [0.05, 0.1) is 22.1 Å². The molecule has 0 aliphatic rings. The summed E-state index contributed by atoms with van der Waals surface area (Å²) in [4.78, 5) is 15.3. The molecule has 5 rings (SSSR count). The van der Waals surface area contributed by atoms with Gasteiger partial charge in [0.1, 0.15) is 11.4 Å². The summed E-state index contributed by atoms with van der Waals surface area (Å²) in [5, 5.41) is 0. The standard InChI is InChI=1S/C35H45N5.3ClH.Fe/c1-3-5-7-9-11-17-26-39-32-24-15-13-20-28(32)37-34(39)30-22-19-23-31(36-30)35-38-29-21-14-16-25-33(29)40(35)27-18-12-10-8-6-4-2;;;;/h13-16,19-25H,3-12,17-18,26-27H2,1-2H3;3*1H;/q;;;;+3/p-3. The van der Waals surface area contributed by atoms with Gasteiger partial charge in [-0.3, -0.25) is 0 Å². The first-order chi connectivity index (χ1) is 19.8. The first-order valence-corrected chi connectivity index (χ1v) is 15.7. The summed E-state index contributed by atoms with van der Waals surface area (Å²) in [6.45, 7) is 6.47. The second kappa shape index (κ2) is 20.9. The molecule has 3 aromatic heterocycles. The summed E-state index contributed by atoms with van der Waals surface area (Å²) >= 11 is 0. The van der Waals surface area contributed by atoms with E-state index in [4.69, 9.17) is 15.0 Å². The topological polar surface area (TPSA) is 48.5 Å². The molecule has 5 nitrogen and oxygen atoms in total. The molecule has 0 atom stereocenters. The Balaban J connectivity index is 0.00000242. The normalized spacial score (nSPS) is 10.6. The molecule has 0 saturated heterocycles. The van der Waals surface area contributed by atoms with Crippen LogP contribution in [0.1, 0.15) is 90.9 Å². The Morgan fingerprint density at radius 3 is 1.27 bits per heavy atom. The Bertz CT molecular complexity index is 1410. The first-order valence-electron chi connectivity index (χ1n) is 15.7. The van der Waals surface area contributed by atoms with E-state index in [0.717, 1.165) is 60.0 Å². The second-order valence-corrected chi connectivity index (χ2v) is 11.1. The second-order valence-electron chi connectivity index (χ2n) is 11.1. The number of benzene rings is 2. The van der Waals surface area contributed by atoms with E-state index < -0.39 is 0 Å². The Kier molecular flexibility index (Phi) is 18.9. The molecule has 2 aromatic carbocycles. The van der Waals surface area contributed by atoms with Gasteiger partial charge >= 0.3 is 17.1 Å². The molecule has 239 valence electrons. The molecule has 1 radical (unpaired) electrons. The van der Waals surface area contributed by atoms with Crippen LogP contribution in [0, 0.1) is 0 Å². The Morgan fingerprint density at radius 1 is 0.455 bits per heavy atom. The SMILES string of the molecule is CCCCCCCCn1c(-c2cccc(-c3nc4ccccc4n3CCCCCCCC)n2)nc2ccccc21.[Cl-].[Cl-].[Cl-].[Fe+3]. The molecular formula is C35H45Cl3FeN5. The first kappa shape index (κ1) is 39.9. The summed E-state index contributed by atoms with van der Waals surface area (Å²) in [7, 11) is 0. The van der Waals surface area contributed by atoms with Crippen LogP contribution >= 0.6 is 0 Å². The van der Waals surface area contributed by atoms with Crippen LogP contribution in [0.3, 0.4) is 0 Å². The van der Waals surface area contributed by atoms with Gasteiger partial charge in [-0.25, -0.2) is 15.0 Å². The third-order valence-electron chi connectivity index (χ3n) is 7.99. The van der Waals surface area contributed by atoms with E-state index in [-0.39, 0.29) is 54.3 Å². The van der Waals surface area contributed by atoms with Crippen molar-refractivity contribution in [3.63, 3.8) is 0 Å². The quantitative estimate of drug-likeness (QED) is 0.114. The molecule has 0 saturated carbocycles. The summed E-state index contributed by atoms with van der Waals surface area (Å²) in [5.41, 5.74) is 6.27. The monoisotopic (exact) mass is 696 g/mol. The van der Waals surface area contributed by atoms with Crippen molar-refractivity contribution in [3.05, 3.63) is 66.7 Å². The molecule has 0 bridgehead atoms. The van der Waals surface area contributed by atoms with Crippen LogP contribution in [-0.2, 0) is 30.2 Å². The Hall–Kier alpha value is -2.08. The van der Waals surface area contributed by atoms with Gasteiger partial charge in [0.25, 0.3) is 0 Å². The predicted octanol–water partition coefficient (Wildman–Crippen LogP) is 0.846. The Labute approximate surface area is 292 Å². The van der Waals surface area contributed by atoms with Crippen LogP contribution in [-0.4, -0.2) is 24.1 Å². The summed E-state index contributed by atoms with van der Waals surface area (Å²) < 4.78 is 4.75. The molecule has 0 amide bonds. The summed E-state index contributed by atoms with van der Waals surface area (Å²) in [5.74, 6) is 1.91. The van der Waals surface area contributed by atoms with Crippen molar-refractivity contribution in [1.29, 1.82) is 0 Å². The molecule has 0 aliphatic heterocycles. The van der Waals surface area contributed by atoms with Crippen LogP contribution in [0.4, 0.5) is 0 Å². The summed E-state index contributed by atoms with van der Waals surface area (Å²) in [6.07, 6.45) is 15.3. The molecule has 3 heterocycles.